The van der Waals surface area contributed by atoms with Gasteiger partial charge in [0.05, 0.1) is 32.3 Å². The Morgan fingerprint density at radius 2 is 1.70 bits per heavy atom. The van der Waals surface area contributed by atoms with Gasteiger partial charge in [0.2, 0.25) is 12.7 Å². The minimum absolute atomic E-state index is 0.000541. The largest absolute Gasteiger partial charge is 0.491 e. The van der Waals surface area contributed by atoms with Crippen LogP contribution in [0.3, 0.4) is 0 Å². The fraction of sp³-hybridized carbons (Fsp3) is 0.444. The summed E-state index contributed by atoms with van der Waals surface area (Å²) in [6, 6.07) is 14.3. The van der Waals surface area contributed by atoms with Crippen molar-refractivity contribution in [2.45, 2.75) is 45.6 Å². The average molecular weight is 667 g/mol. The Morgan fingerprint density at radius 1 is 1.00 bits per heavy atom. The van der Waals surface area contributed by atoms with Crippen LogP contribution < -0.4 is 19.5 Å². The van der Waals surface area contributed by atoms with Crippen LogP contribution in [0.25, 0.3) is 0 Å². The van der Waals surface area contributed by atoms with Crippen molar-refractivity contribution in [3.05, 3.63) is 81.4 Å². The third kappa shape index (κ3) is 7.84. The van der Waals surface area contributed by atoms with Crippen LogP contribution in [0, 0.1) is 12.8 Å². The maximum absolute atomic E-state index is 13.8. The highest BCUT2D eigenvalue weighted by Crippen LogP contribution is 2.49. The number of benzene rings is 3. The van der Waals surface area contributed by atoms with Gasteiger partial charge in [-0.05, 0) is 77.9 Å². The van der Waals surface area contributed by atoms with E-state index in [0.29, 0.717) is 68.1 Å². The highest BCUT2D eigenvalue weighted by atomic mass is 35.5. The standard InChI is InChI=1S/C36H43ClN2O8/c1-5-23-17-26(37)18-24(6-2)33(23)38-31(40)20-39-19-29(28-11-12-30-35(22(28)3)47-21-46-30)32(36(41)42)34(39)25-7-9-27(10-8-25)45-16-15-44-14-13-43-4/h7-12,17-18,29,32,34H,5-6,13-16,19-21H2,1-4H3,(H,38,40)(H,41,42)/t29-,32?,34+/m1/s1. The maximum Gasteiger partial charge on any atom is 0.309 e. The van der Waals surface area contributed by atoms with E-state index in [-0.39, 0.29) is 19.2 Å². The third-order valence-corrected chi connectivity index (χ3v) is 9.12. The minimum Gasteiger partial charge on any atom is -0.491 e. The molecule has 3 aromatic carbocycles. The number of carbonyl (C=O) groups is 2. The molecule has 3 atom stereocenters. The number of carboxylic acid groups (broad SMARTS) is 1. The molecule has 252 valence electrons. The third-order valence-electron chi connectivity index (χ3n) is 8.90. The first-order valence-electron chi connectivity index (χ1n) is 16.0. The lowest BCUT2D eigenvalue weighted by atomic mass is 9.81. The summed E-state index contributed by atoms with van der Waals surface area (Å²) < 4.78 is 27.6. The second-order valence-electron chi connectivity index (χ2n) is 11.7. The summed E-state index contributed by atoms with van der Waals surface area (Å²) in [6.45, 7) is 8.24. The molecule has 0 aromatic heterocycles. The van der Waals surface area contributed by atoms with Gasteiger partial charge in [0.25, 0.3) is 0 Å². The van der Waals surface area contributed by atoms with Crippen LogP contribution in [0.15, 0.2) is 48.5 Å². The van der Waals surface area contributed by atoms with Gasteiger partial charge in [-0.15, -0.1) is 0 Å². The van der Waals surface area contributed by atoms with E-state index in [1.807, 2.05) is 74.2 Å². The van der Waals surface area contributed by atoms with Crippen molar-refractivity contribution in [1.29, 1.82) is 0 Å². The predicted octanol–water partition coefficient (Wildman–Crippen LogP) is 6.02. The van der Waals surface area contributed by atoms with E-state index in [4.69, 9.17) is 35.3 Å². The molecule has 1 unspecified atom stereocenters. The number of carboxylic acids is 1. The van der Waals surface area contributed by atoms with E-state index < -0.39 is 23.8 Å². The van der Waals surface area contributed by atoms with Gasteiger partial charge in [-0.1, -0.05) is 43.6 Å². The lowest BCUT2D eigenvalue weighted by Gasteiger charge is -2.27. The zero-order valence-electron chi connectivity index (χ0n) is 27.3. The van der Waals surface area contributed by atoms with Crippen molar-refractivity contribution < 1.29 is 38.4 Å². The fourth-order valence-electron chi connectivity index (χ4n) is 6.67. The minimum atomic E-state index is -0.937. The molecule has 11 heteroatoms. The first-order valence-corrected chi connectivity index (χ1v) is 16.4. The number of aryl methyl sites for hydroxylation is 2. The number of anilines is 1. The van der Waals surface area contributed by atoms with E-state index in [1.54, 1.807) is 7.11 Å². The molecule has 0 aliphatic carbocycles. The number of nitrogens with zero attached hydrogens (tertiary/aromatic N) is 1. The van der Waals surface area contributed by atoms with Gasteiger partial charge < -0.3 is 34.1 Å². The van der Waals surface area contributed by atoms with Gasteiger partial charge >= 0.3 is 5.97 Å². The van der Waals surface area contributed by atoms with Crippen LogP contribution >= 0.6 is 11.6 Å². The second kappa shape index (κ2) is 15.8. The molecule has 2 aliphatic rings. The summed E-state index contributed by atoms with van der Waals surface area (Å²) in [4.78, 5) is 28.8. The zero-order chi connectivity index (χ0) is 33.5. The van der Waals surface area contributed by atoms with Crippen LogP contribution in [-0.4, -0.2) is 75.3 Å². The summed E-state index contributed by atoms with van der Waals surface area (Å²) in [5, 5.41) is 14.5. The topological polar surface area (TPSA) is 116 Å². The van der Waals surface area contributed by atoms with E-state index >= 15 is 0 Å². The number of carbonyl (C=O) groups excluding carboxylic acids is 1. The number of methoxy groups -OCH3 is 1. The number of hydrogen-bond donors (Lipinski definition) is 2. The van der Waals surface area contributed by atoms with Gasteiger partial charge in [0.1, 0.15) is 12.4 Å². The molecule has 47 heavy (non-hydrogen) atoms. The van der Waals surface area contributed by atoms with Crippen LogP contribution in [0.2, 0.25) is 5.02 Å². The summed E-state index contributed by atoms with van der Waals surface area (Å²) in [6.07, 6.45) is 1.41. The highest BCUT2D eigenvalue weighted by Gasteiger charge is 2.48. The molecule has 5 rings (SSSR count). The lowest BCUT2D eigenvalue weighted by Crippen LogP contribution is -2.35. The van der Waals surface area contributed by atoms with Crippen LogP contribution in [0.5, 0.6) is 17.2 Å². The Bertz CT molecular complexity index is 1540. The molecule has 1 saturated heterocycles. The number of likely N-dealkylation sites (tertiary alicyclic amines) is 1. The SMILES string of the molecule is CCc1cc(Cl)cc(CC)c1NC(=O)CN1C[C@H](c2ccc3c(c2C)OCO3)C(C(=O)O)[C@@H]1c1ccc(OCCOCCOC)cc1. The highest BCUT2D eigenvalue weighted by molar-refractivity contribution is 6.30. The summed E-state index contributed by atoms with van der Waals surface area (Å²) >= 11 is 6.36. The Balaban J connectivity index is 1.43. The van der Waals surface area contributed by atoms with Crippen molar-refractivity contribution in [3.63, 3.8) is 0 Å². The molecule has 1 amide bonds. The van der Waals surface area contributed by atoms with Gasteiger partial charge in [-0.2, -0.15) is 0 Å². The number of ether oxygens (including phenoxy) is 5. The summed E-state index contributed by atoms with van der Waals surface area (Å²) in [5.41, 5.74) is 5.17. The lowest BCUT2D eigenvalue weighted by molar-refractivity contribution is -0.143. The average Bonchev–Trinajstić information content (AvgIpc) is 3.69. The monoisotopic (exact) mass is 666 g/mol. The van der Waals surface area contributed by atoms with Gasteiger partial charge in [-0.25, -0.2) is 0 Å². The number of hydrogen-bond acceptors (Lipinski definition) is 8. The normalized spacial score (nSPS) is 18.8. The molecule has 0 bridgehead atoms. The molecule has 3 aromatic rings. The van der Waals surface area contributed by atoms with Crippen molar-refractivity contribution >= 4 is 29.2 Å². The molecule has 0 radical (unpaired) electrons. The number of halogens is 1. The van der Waals surface area contributed by atoms with Crippen LogP contribution in [0.4, 0.5) is 5.69 Å². The fourth-order valence-corrected chi connectivity index (χ4v) is 6.93. The van der Waals surface area contributed by atoms with Gasteiger partial charge in [-0.3, -0.25) is 14.5 Å². The van der Waals surface area contributed by atoms with E-state index in [1.165, 1.54) is 0 Å². The number of fused-ring (bicyclic) bond motifs is 1. The number of rotatable bonds is 15. The summed E-state index contributed by atoms with van der Waals surface area (Å²) in [5.74, 6) is -0.485. The Kier molecular flexibility index (Phi) is 11.6. The Morgan fingerprint density at radius 3 is 2.36 bits per heavy atom. The van der Waals surface area contributed by atoms with Crippen LogP contribution in [-0.2, 0) is 31.9 Å². The van der Waals surface area contributed by atoms with Crippen molar-refractivity contribution in [2.75, 3.05) is 58.7 Å². The summed E-state index contributed by atoms with van der Waals surface area (Å²) in [7, 11) is 1.62. The quantitative estimate of drug-likeness (QED) is 0.188. The van der Waals surface area contributed by atoms with E-state index in [0.717, 1.165) is 33.5 Å². The molecule has 2 heterocycles. The molecule has 2 aliphatic heterocycles. The number of aliphatic carboxylic acids is 1. The maximum atomic E-state index is 13.8. The van der Waals surface area contributed by atoms with Crippen molar-refractivity contribution in [1.82, 2.24) is 4.90 Å². The molecule has 0 saturated carbocycles. The number of nitrogens with one attached hydrogen (secondary N) is 1. The molecular formula is C36H43ClN2O8. The van der Waals surface area contributed by atoms with Crippen molar-refractivity contribution in [2.24, 2.45) is 5.92 Å². The smallest absolute Gasteiger partial charge is 0.309 e. The van der Waals surface area contributed by atoms with Crippen LogP contribution in [0.1, 0.15) is 53.6 Å². The molecule has 2 N–H and O–H groups in total. The molecular weight excluding hydrogens is 624 g/mol. The number of amides is 1. The van der Waals surface area contributed by atoms with E-state index in [9.17, 15) is 14.7 Å². The molecule has 10 nitrogen and oxygen atoms in total. The Hall–Kier alpha value is -3.83. The zero-order valence-corrected chi connectivity index (χ0v) is 28.1. The predicted molar refractivity (Wildman–Crippen MR) is 179 cm³/mol. The first-order chi connectivity index (χ1) is 22.7. The van der Waals surface area contributed by atoms with Gasteiger partial charge in [0.15, 0.2) is 11.5 Å². The molecule has 1 fully saturated rings. The van der Waals surface area contributed by atoms with Gasteiger partial charge in [0, 0.05) is 36.3 Å². The molecule has 0 spiro atoms. The first kappa shape index (κ1) is 34.5. The van der Waals surface area contributed by atoms with E-state index in [2.05, 4.69) is 5.32 Å². The van der Waals surface area contributed by atoms with Crippen molar-refractivity contribution in [3.8, 4) is 17.2 Å². The Labute approximate surface area is 280 Å². The second-order valence-corrected chi connectivity index (χ2v) is 12.2.